The molecule has 0 fully saturated rings. The third-order valence-electron chi connectivity index (χ3n) is 4.78. The van der Waals surface area contributed by atoms with Crippen LogP contribution in [0.25, 0.3) is 16.8 Å². The molecule has 0 aliphatic carbocycles. The van der Waals surface area contributed by atoms with Gasteiger partial charge in [-0.3, -0.25) is 9.38 Å². The molecule has 0 aliphatic rings. The van der Waals surface area contributed by atoms with Crippen LogP contribution in [0.2, 0.25) is 0 Å². The zero-order valence-corrected chi connectivity index (χ0v) is 15.2. The Balaban J connectivity index is 1.69. The van der Waals surface area contributed by atoms with Crippen molar-refractivity contribution in [2.75, 3.05) is 7.11 Å². The Morgan fingerprint density at radius 1 is 1.04 bits per heavy atom. The highest BCUT2D eigenvalue weighted by Gasteiger charge is 2.14. The van der Waals surface area contributed by atoms with Gasteiger partial charge in [0, 0.05) is 29.2 Å². The molecular weight excluding hydrogens is 343 g/mol. The first-order valence-electron chi connectivity index (χ1n) is 8.73. The summed E-state index contributed by atoms with van der Waals surface area (Å²) in [4.78, 5) is 4.06. The van der Waals surface area contributed by atoms with Gasteiger partial charge in [0.25, 0.3) is 0 Å². The van der Waals surface area contributed by atoms with Gasteiger partial charge in [-0.2, -0.15) is 0 Å². The van der Waals surface area contributed by atoms with E-state index in [2.05, 4.69) is 15.2 Å². The molecule has 0 atom stereocenters. The summed E-state index contributed by atoms with van der Waals surface area (Å²) in [5.74, 6) is 0.370. The molecule has 0 spiro atoms. The maximum atomic E-state index is 14.6. The Hall–Kier alpha value is -3.28. The molecule has 4 rings (SSSR count). The average Bonchev–Trinajstić information content (AvgIpc) is 3.19. The van der Waals surface area contributed by atoms with Crippen molar-refractivity contribution in [1.29, 1.82) is 0 Å². The van der Waals surface area contributed by atoms with Gasteiger partial charge in [0.05, 0.1) is 7.11 Å². The number of fused-ring (bicyclic) bond motifs is 1. The van der Waals surface area contributed by atoms with E-state index >= 15 is 0 Å². The van der Waals surface area contributed by atoms with Crippen molar-refractivity contribution in [3.05, 3.63) is 77.8 Å². The normalized spacial score (nSPS) is 11.1. The quantitative estimate of drug-likeness (QED) is 0.538. The zero-order chi connectivity index (χ0) is 18.8. The summed E-state index contributed by atoms with van der Waals surface area (Å²) >= 11 is 0. The van der Waals surface area contributed by atoms with Crippen LogP contribution < -0.4 is 4.74 Å². The van der Waals surface area contributed by atoms with E-state index in [0.717, 1.165) is 22.5 Å². The lowest BCUT2D eigenvalue weighted by atomic mass is 10.0. The number of halogens is 1. The van der Waals surface area contributed by atoms with Crippen LogP contribution >= 0.6 is 0 Å². The topological polar surface area (TPSA) is 52.3 Å². The number of nitrogens with zero attached hydrogens (tertiary/aromatic N) is 4. The van der Waals surface area contributed by atoms with Gasteiger partial charge in [-0.25, -0.2) is 4.39 Å². The highest BCUT2D eigenvalue weighted by atomic mass is 19.1. The number of methoxy groups -OCH3 is 1. The predicted molar refractivity (Wildman–Crippen MR) is 101 cm³/mol. The number of aryl methyl sites for hydroxylation is 2. The number of benzene rings is 1. The Kier molecular flexibility index (Phi) is 4.54. The van der Waals surface area contributed by atoms with E-state index in [1.54, 1.807) is 38.8 Å². The maximum Gasteiger partial charge on any atom is 0.168 e. The van der Waals surface area contributed by atoms with Gasteiger partial charge in [0.1, 0.15) is 17.9 Å². The van der Waals surface area contributed by atoms with Crippen LogP contribution in [0.1, 0.15) is 16.8 Å². The molecule has 0 radical (unpaired) electrons. The Labute approximate surface area is 156 Å². The minimum Gasteiger partial charge on any atom is -0.496 e. The third-order valence-corrected chi connectivity index (χ3v) is 4.78. The summed E-state index contributed by atoms with van der Waals surface area (Å²) in [6.45, 7) is 1.76. The van der Waals surface area contributed by atoms with Crippen LogP contribution in [-0.4, -0.2) is 26.7 Å². The van der Waals surface area contributed by atoms with E-state index in [9.17, 15) is 4.39 Å². The number of hydrogen-bond donors (Lipinski definition) is 0. The van der Waals surface area contributed by atoms with Gasteiger partial charge in [0.15, 0.2) is 5.65 Å². The number of ether oxygens (including phenoxy) is 1. The summed E-state index contributed by atoms with van der Waals surface area (Å²) in [6.07, 6.45) is 6.37. The van der Waals surface area contributed by atoms with Gasteiger partial charge in [-0.05, 0) is 61.2 Å². The molecule has 136 valence electrons. The first-order valence-corrected chi connectivity index (χ1v) is 8.73. The molecule has 0 N–H and O–H groups in total. The molecule has 3 aromatic heterocycles. The molecule has 0 aliphatic heterocycles. The SMILES string of the molecule is COc1ccc(C)c(F)c1CCc1ccc(-c2ccncc2)c2nncn12. The van der Waals surface area contributed by atoms with E-state index in [4.69, 9.17) is 4.74 Å². The van der Waals surface area contributed by atoms with Crippen LogP contribution in [0.4, 0.5) is 4.39 Å². The van der Waals surface area contributed by atoms with Crippen molar-refractivity contribution in [1.82, 2.24) is 19.6 Å². The van der Waals surface area contributed by atoms with Crippen molar-refractivity contribution in [3.8, 4) is 16.9 Å². The van der Waals surface area contributed by atoms with Crippen LogP contribution in [0, 0.1) is 12.7 Å². The highest BCUT2D eigenvalue weighted by Crippen LogP contribution is 2.27. The van der Waals surface area contributed by atoms with Crippen molar-refractivity contribution in [3.63, 3.8) is 0 Å². The molecule has 0 unspecified atom stereocenters. The minimum atomic E-state index is -0.206. The molecule has 6 heteroatoms. The summed E-state index contributed by atoms with van der Waals surface area (Å²) in [5.41, 5.74) is 5.01. The fraction of sp³-hybridized carbons (Fsp3) is 0.190. The lowest BCUT2D eigenvalue weighted by molar-refractivity contribution is 0.403. The lowest BCUT2D eigenvalue weighted by Crippen LogP contribution is -2.04. The van der Waals surface area contributed by atoms with E-state index in [-0.39, 0.29) is 5.82 Å². The van der Waals surface area contributed by atoms with Gasteiger partial charge in [0.2, 0.25) is 0 Å². The summed E-state index contributed by atoms with van der Waals surface area (Å²) in [5, 5.41) is 8.34. The van der Waals surface area contributed by atoms with E-state index in [1.807, 2.05) is 34.7 Å². The lowest BCUT2D eigenvalue weighted by Gasteiger charge is -2.13. The molecule has 0 saturated heterocycles. The molecule has 0 saturated carbocycles. The summed E-state index contributed by atoms with van der Waals surface area (Å²) in [6, 6.07) is 11.5. The fourth-order valence-corrected chi connectivity index (χ4v) is 3.32. The third kappa shape index (κ3) is 3.14. The molecular formula is C21H19FN4O. The molecule has 27 heavy (non-hydrogen) atoms. The standard InChI is InChI=1S/C21H19FN4O/c1-14-3-8-19(27-2)18(20(14)22)7-5-16-4-6-17(15-9-11-23-12-10-15)21-25-24-13-26(16)21/h3-4,6,8-13H,5,7H2,1-2H3. The monoisotopic (exact) mass is 362 g/mol. The van der Waals surface area contributed by atoms with E-state index in [0.29, 0.717) is 29.7 Å². The summed E-state index contributed by atoms with van der Waals surface area (Å²) < 4.78 is 21.9. The van der Waals surface area contributed by atoms with Crippen LogP contribution in [0.3, 0.4) is 0 Å². The van der Waals surface area contributed by atoms with Crippen molar-refractivity contribution >= 4 is 5.65 Å². The Morgan fingerprint density at radius 2 is 1.85 bits per heavy atom. The predicted octanol–water partition coefficient (Wildman–Crippen LogP) is 4.03. The van der Waals surface area contributed by atoms with Crippen molar-refractivity contribution in [2.45, 2.75) is 19.8 Å². The van der Waals surface area contributed by atoms with Crippen molar-refractivity contribution in [2.24, 2.45) is 0 Å². The molecule has 1 aromatic carbocycles. The smallest absolute Gasteiger partial charge is 0.168 e. The van der Waals surface area contributed by atoms with Gasteiger partial charge in [-0.15, -0.1) is 10.2 Å². The van der Waals surface area contributed by atoms with Crippen molar-refractivity contribution < 1.29 is 9.13 Å². The maximum absolute atomic E-state index is 14.6. The first-order chi connectivity index (χ1) is 13.2. The minimum absolute atomic E-state index is 0.206. The molecule has 0 bridgehead atoms. The second kappa shape index (κ2) is 7.15. The highest BCUT2D eigenvalue weighted by molar-refractivity contribution is 5.77. The second-order valence-corrected chi connectivity index (χ2v) is 6.38. The van der Waals surface area contributed by atoms with Gasteiger partial charge in [-0.1, -0.05) is 6.07 Å². The molecule has 5 nitrogen and oxygen atoms in total. The van der Waals surface area contributed by atoms with E-state index < -0.39 is 0 Å². The number of pyridine rings is 2. The fourth-order valence-electron chi connectivity index (χ4n) is 3.32. The molecule has 4 aromatic rings. The Bertz CT molecular complexity index is 1090. The Morgan fingerprint density at radius 3 is 2.63 bits per heavy atom. The van der Waals surface area contributed by atoms with Gasteiger partial charge < -0.3 is 4.74 Å². The molecule has 0 amide bonds. The van der Waals surface area contributed by atoms with Crippen LogP contribution in [0.15, 0.2) is 55.1 Å². The average molecular weight is 362 g/mol. The summed E-state index contributed by atoms with van der Waals surface area (Å²) in [7, 11) is 1.56. The van der Waals surface area contributed by atoms with Crippen LogP contribution in [-0.2, 0) is 12.8 Å². The van der Waals surface area contributed by atoms with E-state index in [1.165, 1.54) is 0 Å². The number of aromatic nitrogens is 4. The largest absolute Gasteiger partial charge is 0.496 e. The number of hydrogen-bond acceptors (Lipinski definition) is 4. The first kappa shape index (κ1) is 17.1. The molecule has 3 heterocycles. The van der Waals surface area contributed by atoms with Crippen LogP contribution in [0.5, 0.6) is 5.75 Å². The second-order valence-electron chi connectivity index (χ2n) is 6.38. The number of rotatable bonds is 5. The zero-order valence-electron chi connectivity index (χ0n) is 15.2. The van der Waals surface area contributed by atoms with Gasteiger partial charge >= 0.3 is 0 Å².